The van der Waals surface area contributed by atoms with Crippen molar-refractivity contribution in [1.29, 1.82) is 0 Å². The first-order valence-electron chi connectivity index (χ1n) is 7.79. The highest BCUT2D eigenvalue weighted by Crippen LogP contribution is 2.23. The number of carbonyl (C=O) groups excluding carboxylic acids is 2. The fraction of sp³-hybridized carbons (Fsp3) is 0.111. The molecule has 1 atom stereocenters. The Morgan fingerprint density at radius 1 is 1.23 bits per heavy atom. The molecule has 2 N–H and O–H groups in total. The summed E-state index contributed by atoms with van der Waals surface area (Å²) >= 11 is 7.08. The molecule has 1 heterocycles. The van der Waals surface area contributed by atoms with Gasteiger partial charge in [0.1, 0.15) is 5.25 Å². The van der Waals surface area contributed by atoms with Crippen molar-refractivity contribution >= 4 is 52.2 Å². The molecule has 6 nitrogen and oxygen atoms in total. The molecule has 1 fully saturated rings. The number of hydrogen-bond donors (Lipinski definition) is 2. The zero-order valence-electron chi connectivity index (χ0n) is 13.6. The van der Waals surface area contributed by atoms with Gasteiger partial charge in [-0.05, 0) is 29.8 Å². The second-order valence-electron chi connectivity index (χ2n) is 5.42. The highest BCUT2D eigenvalue weighted by Gasteiger charge is 2.32. The van der Waals surface area contributed by atoms with Crippen LogP contribution in [-0.4, -0.2) is 28.4 Å². The zero-order valence-corrected chi connectivity index (χ0v) is 15.1. The van der Waals surface area contributed by atoms with Crippen LogP contribution in [0.25, 0.3) is 0 Å². The molecule has 2 aromatic carbocycles. The largest absolute Gasteiger partial charge is 0.326 e. The predicted octanol–water partition coefficient (Wildman–Crippen LogP) is 3.29. The van der Waals surface area contributed by atoms with Crippen molar-refractivity contribution in [3.63, 3.8) is 0 Å². The van der Waals surface area contributed by atoms with Gasteiger partial charge in [0, 0.05) is 17.1 Å². The Balaban J connectivity index is 1.55. The summed E-state index contributed by atoms with van der Waals surface area (Å²) in [5.41, 5.74) is 1.50. The Kier molecular flexibility index (Phi) is 6.04. The lowest BCUT2D eigenvalue weighted by molar-refractivity contribution is -0.122. The fourth-order valence-electron chi connectivity index (χ4n) is 2.22. The van der Waals surface area contributed by atoms with Crippen molar-refractivity contribution in [2.24, 2.45) is 10.2 Å². The molecule has 0 radical (unpaired) electrons. The van der Waals surface area contributed by atoms with Crippen LogP contribution >= 0.6 is 23.4 Å². The van der Waals surface area contributed by atoms with Gasteiger partial charge in [0.2, 0.25) is 11.8 Å². The van der Waals surface area contributed by atoms with E-state index in [2.05, 4.69) is 20.8 Å². The Morgan fingerprint density at radius 2 is 2.04 bits per heavy atom. The van der Waals surface area contributed by atoms with Gasteiger partial charge in [-0.3, -0.25) is 9.59 Å². The van der Waals surface area contributed by atoms with E-state index in [0.717, 1.165) is 5.56 Å². The first kappa shape index (κ1) is 18.2. The van der Waals surface area contributed by atoms with Gasteiger partial charge >= 0.3 is 0 Å². The van der Waals surface area contributed by atoms with Crippen LogP contribution in [0.4, 0.5) is 5.69 Å². The standard InChI is InChI=1S/C18H15ClN4O2S/c19-13-6-4-5-12(9-13)11-20-23-18-22-17(25)15(26-18)10-16(24)21-14-7-2-1-3-8-14/h1-9,11,15H,10H2,(H,21,24)(H,22,23,25)/b20-11+. The van der Waals surface area contributed by atoms with E-state index in [4.69, 9.17) is 11.6 Å². The molecule has 2 amide bonds. The van der Waals surface area contributed by atoms with Crippen LogP contribution in [0.3, 0.4) is 0 Å². The zero-order chi connectivity index (χ0) is 18.4. The smallest absolute Gasteiger partial charge is 0.240 e. The molecule has 0 aromatic heterocycles. The molecule has 8 heteroatoms. The molecule has 2 aromatic rings. The van der Waals surface area contributed by atoms with Crippen LogP contribution in [0.15, 0.2) is 64.8 Å². The highest BCUT2D eigenvalue weighted by molar-refractivity contribution is 8.15. The van der Waals surface area contributed by atoms with E-state index < -0.39 is 5.25 Å². The summed E-state index contributed by atoms with van der Waals surface area (Å²) < 4.78 is 0. The van der Waals surface area contributed by atoms with Crippen molar-refractivity contribution in [2.45, 2.75) is 11.7 Å². The number of nitrogens with zero attached hydrogens (tertiary/aromatic N) is 2. The molecule has 0 aliphatic carbocycles. The molecular formula is C18H15ClN4O2S. The highest BCUT2D eigenvalue weighted by atomic mass is 35.5. The van der Waals surface area contributed by atoms with E-state index in [1.165, 1.54) is 11.8 Å². The van der Waals surface area contributed by atoms with E-state index in [-0.39, 0.29) is 18.2 Å². The van der Waals surface area contributed by atoms with Crippen molar-refractivity contribution in [1.82, 2.24) is 5.32 Å². The minimum atomic E-state index is -0.529. The summed E-state index contributed by atoms with van der Waals surface area (Å²) in [6.45, 7) is 0. The molecule has 0 bridgehead atoms. The van der Waals surface area contributed by atoms with Crippen LogP contribution in [0.1, 0.15) is 12.0 Å². The number of amides is 2. The Hall–Kier alpha value is -2.64. The number of carbonyl (C=O) groups is 2. The molecule has 0 spiro atoms. The molecular weight excluding hydrogens is 372 g/mol. The predicted molar refractivity (Wildman–Crippen MR) is 106 cm³/mol. The average Bonchev–Trinajstić information content (AvgIpc) is 2.95. The SMILES string of the molecule is O=C(CC1S/C(=N/N=C/c2cccc(Cl)c2)NC1=O)Nc1ccccc1. The second-order valence-corrected chi connectivity index (χ2v) is 7.05. The maximum atomic E-state index is 12.1. The first-order valence-corrected chi connectivity index (χ1v) is 9.05. The van der Waals surface area contributed by atoms with E-state index in [9.17, 15) is 9.59 Å². The molecule has 1 aliphatic rings. The van der Waals surface area contributed by atoms with Crippen LogP contribution in [0.5, 0.6) is 0 Å². The first-order chi connectivity index (χ1) is 12.6. The third-order valence-electron chi connectivity index (χ3n) is 3.41. The number of benzene rings is 2. The van der Waals surface area contributed by atoms with Gasteiger partial charge in [-0.15, -0.1) is 5.10 Å². The summed E-state index contributed by atoms with van der Waals surface area (Å²) in [5.74, 6) is -0.484. The van der Waals surface area contributed by atoms with Gasteiger partial charge in [0.05, 0.1) is 6.21 Å². The molecule has 1 saturated heterocycles. The third kappa shape index (κ3) is 5.18. The van der Waals surface area contributed by atoms with Crippen LogP contribution in [-0.2, 0) is 9.59 Å². The van der Waals surface area contributed by atoms with Gasteiger partial charge in [0.15, 0.2) is 5.17 Å². The van der Waals surface area contributed by atoms with Gasteiger partial charge in [-0.1, -0.05) is 53.7 Å². The van der Waals surface area contributed by atoms with Gasteiger partial charge in [0.25, 0.3) is 0 Å². The van der Waals surface area contributed by atoms with Gasteiger partial charge in [-0.25, -0.2) is 0 Å². The van der Waals surface area contributed by atoms with Crippen LogP contribution in [0.2, 0.25) is 5.02 Å². The summed E-state index contributed by atoms with van der Waals surface area (Å²) in [4.78, 5) is 24.1. The van der Waals surface area contributed by atoms with Crippen molar-refractivity contribution in [3.05, 3.63) is 65.2 Å². The number of nitrogens with one attached hydrogen (secondary N) is 2. The normalized spacial score (nSPS) is 18.3. The minimum absolute atomic E-state index is 0.0580. The molecule has 132 valence electrons. The summed E-state index contributed by atoms with van der Waals surface area (Å²) in [6, 6.07) is 16.3. The Bertz CT molecular complexity index is 871. The lowest BCUT2D eigenvalue weighted by Crippen LogP contribution is -2.28. The lowest BCUT2D eigenvalue weighted by atomic mass is 10.2. The number of thioether (sulfide) groups is 1. The Labute approximate surface area is 159 Å². The summed E-state index contributed by atoms with van der Waals surface area (Å²) in [5, 5.41) is 13.8. The number of para-hydroxylation sites is 1. The topological polar surface area (TPSA) is 82.9 Å². The van der Waals surface area contributed by atoms with E-state index in [1.807, 2.05) is 30.3 Å². The second kappa shape index (κ2) is 8.64. The summed E-state index contributed by atoms with van der Waals surface area (Å²) in [7, 11) is 0. The van der Waals surface area contributed by atoms with E-state index >= 15 is 0 Å². The van der Waals surface area contributed by atoms with Crippen molar-refractivity contribution < 1.29 is 9.59 Å². The summed E-state index contributed by atoms with van der Waals surface area (Å²) in [6.07, 6.45) is 1.60. The van der Waals surface area contributed by atoms with Gasteiger partial charge < -0.3 is 10.6 Å². The molecule has 26 heavy (non-hydrogen) atoms. The molecule has 0 saturated carbocycles. The maximum absolute atomic E-state index is 12.1. The molecule has 1 aliphatic heterocycles. The quantitative estimate of drug-likeness (QED) is 0.611. The average molecular weight is 387 g/mol. The van der Waals surface area contributed by atoms with Crippen molar-refractivity contribution in [3.8, 4) is 0 Å². The van der Waals surface area contributed by atoms with Crippen LogP contribution in [0, 0.1) is 0 Å². The lowest BCUT2D eigenvalue weighted by Gasteiger charge is -2.06. The Morgan fingerprint density at radius 3 is 2.81 bits per heavy atom. The van der Waals surface area contributed by atoms with E-state index in [0.29, 0.717) is 15.9 Å². The number of halogens is 1. The van der Waals surface area contributed by atoms with E-state index in [1.54, 1.807) is 30.5 Å². The number of amidine groups is 1. The number of rotatable bonds is 5. The molecule has 1 unspecified atom stereocenters. The number of anilines is 1. The minimum Gasteiger partial charge on any atom is -0.326 e. The monoisotopic (exact) mass is 386 g/mol. The van der Waals surface area contributed by atoms with Crippen LogP contribution < -0.4 is 10.6 Å². The molecule has 3 rings (SSSR count). The maximum Gasteiger partial charge on any atom is 0.240 e. The van der Waals surface area contributed by atoms with Gasteiger partial charge in [-0.2, -0.15) is 5.10 Å². The fourth-order valence-corrected chi connectivity index (χ4v) is 3.35. The number of hydrogen-bond acceptors (Lipinski definition) is 5. The third-order valence-corrected chi connectivity index (χ3v) is 4.72. The van der Waals surface area contributed by atoms with Crippen molar-refractivity contribution in [2.75, 3.05) is 5.32 Å².